The van der Waals surface area contributed by atoms with Gasteiger partial charge in [-0.3, -0.25) is 4.79 Å². The Balaban J connectivity index is 3.01. The van der Waals surface area contributed by atoms with E-state index in [9.17, 15) is 4.79 Å². The highest BCUT2D eigenvalue weighted by atomic mass is 16.1. The maximum Gasteiger partial charge on any atom is 0.237 e. The molecule has 1 aromatic heterocycles. The van der Waals surface area contributed by atoms with E-state index in [-0.39, 0.29) is 18.5 Å². The number of nitrogens with two attached hydrogens (primary N) is 1. The highest BCUT2D eigenvalue weighted by Crippen LogP contribution is 2.18. The molecule has 0 bridgehead atoms. The quantitative estimate of drug-likeness (QED) is 0.776. The molecule has 3 N–H and O–H groups in total. The van der Waals surface area contributed by atoms with E-state index in [0.29, 0.717) is 5.82 Å². The number of carbonyl (C=O) groups is 1. The van der Waals surface area contributed by atoms with Gasteiger partial charge < -0.3 is 16.0 Å². The molecule has 6 heteroatoms. The molecule has 0 saturated heterocycles. The molecule has 0 atom stereocenters. The highest BCUT2D eigenvalue weighted by molar-refractivity contribution is 5.79. The van der Waals surface area contributed by atoms with Crippen LogP contribution < -0.4 is 16.0 Å². The fourth-order valence-corrected chi connectivity index (χ4v) is 1.74. The normalized spacial score (nSPS) is 10.6. The number of nitrogens with zero attached hydrogens (tertiary/aromatic N) is 3. The van der Waals surface area contributed by atoms with E-state index in [1.54, 1.807) is 0 Å². The molecule has 0 spiro atoms. The third-order valence-electron chi connectivity index (χ3n) is 2.62. The SMILES string of the molecule is CCCNc1cc(N(CC(N)=O)C(C)C)nc(C)n1. The number of aromatic nitrogens is 2. The molecule has 0 unspecified atom stereocenters. The molecule has 0 aliphatic rings. The molecular formula is C13H23N5O. The van der Waals surface area contributed by atoms with Gasteiger partial charge in [-0.25, -0.2) is 9.97 Å². The average Bonchev–Trinajstić information content (AvgIpc) is 2.32. The van der Waals surface area contributed by atoms with Crippen molar-refractivity contribution in [2.24, 2.45) is 5.73 Å². The minimum atomic E-state index is -0.368. The van der Waals surface area contributed by atoms with Crippen LogP contribution in [0.2, 0.25) is 0 Å². The molecule has 106 valence electrons. The minimum absolute atomic E-state index is 0.140. The molecule has 1 amide bonds. The van der Waals surface area contributed by atoms with Crippen LogP contribution in [0.15, 0.2) is 6.07 Å². The maximum atomic E-state index is 11.2. The van der Waals surface area contributed by atoms with Crippen LogP contribution in [0.5, 0.6) is 0 Å². The monoisotopic (exact) mass is 265 g/mol. The lowest BCUT2D eigenvalue weighted by Gasteiger charge is -2.27. The highest BCUT2D eigenvalue weighted by Gasteiger charge is 2.15. The third-order valence-corrected chi connectivity index (χ3v) is 2.62. The zero-order valence-electron chi connectivity index (χ0n) is 12.1. The second kappa shape index (κ2) is 6.92. The first kappa shape index (κ1) is 15.2. The Labute approximate surface area is 114 Å². The fraction of sp³-hybridized carbons (Fsp3) is 0.615. The predicted molar refractivity (Wildman–Crippen MR) is 77.2 cm³/mol. The van der Waals surface area contributed by atoms with Crippen molar-refractivity contribution in [3.8, 4) is 0 Å². The molecule has 0 fully saturated rings. The summed E-state index contributed by atoms with van der Waals surface area (Å²) in [6.07, 6.45) is 1.02. The summed E-state index contributed by atoms with van der Waals surface area (Å²) in [6.45, 7) is 8.94. The fourth-order valence-electron chi connectivity index (χ4n) is 1.74. The van der Waals surface area contributed by atoms with Crippen LogP contribution in [-0.2, 0) is 4.79 Å². The van der Waals surface area contributed by atoms with Crippen molar-refractivity contribution in [2.75, 3.05) is 23.3 Å². The largest absolute Gasteiger partial charge is 0.370 e. The Morgan fingerprint density at radius 3 is 2.68 bits per heavy atom. The molecule has 1 heterocycles. The van der Waals surface area contributed by atoms with Gasteiger partial charge in [0, 0.05) is 18.7 Å². The molecule has 0 saturated carbocycles. The molecular weight excluding hydrogens is 242 g/mol. The first-order valence-electron chi connectivity index (χ1n) is 6.58. The first-order chi connectivity index (χ1) is 8.93. The molecule has 0 aliphatic heterocycles. The van der Waals surface area contributed by atoms with Gasteiger partial charge in [-0.05, 0) is 27.2 Å². The van der Waals surface area contributed by atoms with Gasteiger partial charge in [0.2, 0.25) is 5.91 Å². The summed E-state index contributed by atoms with van der Waals surface area (Å²) in [6, 6.07) is 1.99. The third kappa shape index (κ3) is 4.73. The standard InChI is InChI=1S/C13H23N5O/c1-5-6-15-12-7-13(17-10(4)16-12)18(9(2)3)8-11(14)19/h7,9H,5-6,8H2,1-4H3,(H2,14,19)(H,15,16,17). The Bertz CT molecular complexity index is 433. The zero-order valence-corrected chi connectivity index (χ0v) is 12.1. The van der Waals surface area contributed by atoms with Crippen LogP contribution in [-0.4, -0.2) is 35.0 Å². The number of primary amides is 1. The molecule has 0 radical (unpaired) electrons. The van der Waals surface area contributed by atoms with E-state index in [4.69, 9.17) is 5.73 Å². The van der Waals surface area contributed by atoms with Crippen molar-refractivity contribution in [2.45, 2.75) is 40.2 Å². The van der Waals surface area contributed by atoms with Crippen LogP contribution in [0.3, 0.4) is 0 Å². The number of rotatable bonds is 7. The van der Waals surface area contributed by atoms with Gasteiger partial charge in [0.1, 0.15) is 17.5 Å². The lowest BCUT2D eigenvalue weighted by Crippen LogP contribution is -2.39. The van der Waals surface area contributed by atoms with Gasteiger partial charge in [0.25, 0.3) is 0 Å². The summed E-state index contributed by atoms with van der Waals surface area (Å²) in [7, 11) is 0. The van der Waals surface area contributed by atoms with Gasteiger partial charge in [0.15, 0.2) is 0 Å². The lowest BCUT2D eigenvalue weighted by atomic mass is 10.3. The van der Waals surface area contributed by atoms with E-state index in [1.165, 1.54) is 0 Å². The van der Waals surface area contributed by atoms with Crippen molar-refractivity contribution in [3.63, 3.8) is 0 Å². The van der Waals surface area contributed by atoms with Crippen LogP contribution in [0.1, 0.15) is 33.0 Å². The van der Waals surface area contributed by atoms with Gasteiger partial charge in [-0.1, -0.05) is 6.92 Å². The molecule has 6 nitrogen and oxygen atoms in total. The summed E-state index contributed by atoms with van der Waals surface area (Å²) < 4.78 is 0. The van der Waals surface area contributed by atoms with E-state index in [1.807, 2.05) is 31.7 Å². The Kier molecular flexibility index (Phi) is 5.54. The zero-order chi connectivity index (χ0) is 14.4. The van der Waals surface area contributed by atoms with E-state index in [0.717, 1.165) is 24.6 Å². The molecule has 19 heavy (non-hydrogen) atoms. The summed E-state index contributed by atoms with van der Waals surface area (Å²) in [5.74, 6) is 1.80. The molecule has 0 aromatic carbocycles. The predicted octanol–water partition coefficient (Wildman–Crippen LogP) is 1.31. The number of nitrogens with one attached hydrogen (secondary N) is 1. The van der Waals surface area contributed by atoms with Crippen LogP contribution in [0.4, 0.5) is 11.6 Å². The first-order valence-corrected chi connectivity index (χ1v) is 6.58. The maximum absolute atomic E-state index is 11.2. The number of hydrogen-bond acceptors (Lipinski definition) is 5. The van der Waals surface area contributed by atoms with Crippen LogP contribution in [0, 0.1) is 6.92 Å². The van der Waals surface area contributed by atoms with Gasteiger partial charge in [-0.2, -0.15) is 0 Å². The molecule has 1 aromatic rings. The van der Waals surface area contributed by atoms with Crippen molar-refractivity contribution < 1.29 is 4.79 Å². The number of amides is 1. The average molecular weight is 265 g/mol. The van der Waals surface area contributed by atoms with E-state index >= 15 is 0 Å². The van der Waals surface area contributed by atoms with Crippen molar-refractivity contribution >= 4 is 17.5 Å². The Hall–Kier alpha value is -1.85. The lowest BCUT2D eigenvalue weighted by molar-refractivity contribution is -0.116. The number of anilines is 2. The summed E-state index contributed by atoms with van der Waals surface area (Å²) in [5, 5.41) is 3.23. The summed E-state index contributed by atoms with van der Waals surface area (Å²) in [4.78, 5) is 21.7. The van der Waals surface area contributed by atoms with Gasteiger partial charge in [0.05, 0.1) is 6.54 Å². The van der Waals surface area contributed by atoms with Crippen LogP contribution >= 0.6 is 0 Å². The number of carbonyl (C=O) groups excluding carboxylic acids is 1. The second-order valence-corrected chi connectivity index (χ2v) is 4.77. The molecule has 1 rings (SSSR count). The van der Waals surface area contributed by atoms with Crippen LogP contribution in [0.25, 0.3) is 0 Å². The molecule has 0 aliphatic carbocycles. The Morgan fingerprint density at radius 2 is 2.16 bits per heavy atom. The van der Waals surface area contributed by atoms with Gasteiger partial charge >= 0.3 is 0 Å². The minimum Gasteiger partial charge on any atom is -0.370 e. The number of aryl methyl sites for hydroxylation is 1. The van der Waals surface area contributed by atoms with Crippen molar-refractivity contribution in [1.29, 1.82) is 0 Å². The Morgan fingerprint density at radius 1 is 1.47 bits per heavy atom. The second-order valence-electron chi connectivity index (χ2n) is 4.77. The van der Waals surface area contributed by atoms with E-state index in [2.05, 4.69) is 22.2 Å². The smallest absolute Gasteiger partial charge is 0.237 e. The number of hydrogen-bond donors (Lipinski definition) is 2. The van der Waals surface area contributed by atoms with Gasteiger partial charge in [-0.15, -0.1) is 0 Å². The van der Waals surface area contributed by atoms with Crippen molar-refractivity contribution in [1.82, 2.24) is 9.97 Å². The summed E-state index contributed by atoms with van der Waals surface area (Å²) in [5.41, 5.74) is 5.29. The topological polar surface area (TPSA) is 84.1 Å². The van der Waals surface area contributed by atoms with Crippen molar-refractivity contribution in [3.05, 3.63) is 11.9 Å². The van der Waals surface area contributed by atoms with E-state index < -0.39 is 0 Å². The summed E-state index contributed by atoms with van der Waals surface area (Å²) >= 11 is 0.